The van der Waals surface area contributed by atoms with E-state index in [-0.39, 0.29) is 0 Å². The molecule has 0 spiro atoms. The standard InChI is InChI=1S/C20H34N6O2/c1-25(2)11-7-9-21-19-15-13-17(27-5)18(28-6)14-16(15)23-20(24-19)22-10-8-12-26(3)4/h13-14H,7-12H2,1-6H3,(H2,21,22,23,24). The zero-order valence-electron chi connectivity index (χ0n) is 18.0. The van der Waals surface area contributed by atoms with Crippen molar-refractivity contribution in [1.82, 2.24) is 19.8 Å². The van der Waals surface area contributed by atoms with Crippen LogP contribution in [0.2, 0.25) is 0 Å². The minimum atomic E-state index is 0.619. The van der Waals surface area contributed by atoms with Crippen LogP contribution in [0.3, 0.4) is 0 Å². The van der Waals surface area contributed by atoms with Crippen molar-refractivity contribution in [2.45, 2.75) is 12.8 Å². The van der Waals surface area contributed by atoms with E-state index in [0.717, 1.165) is 55.7 Å². The molecule has 2 N–H and O–H groups in total. The Balaban J connectivity index is 2.26. The van der Waals surface area contributed by atoms with Crippen molar-refractivity contribution in [2.24, 2.45) is 0 Å². The lowest BCUT2D eigenvalue weighted by Gasteiger charge is -2.15. The Morgan fingerprint density at radius 2 is 1.39 bits per heavy atom. The van der Waals surface area contributed by atoms with Gasteiger partial charge in [0.25, 0.3) is 0 Å². The molecule has 0 aliphatic heterocycles. The van der Waals surface area contributed by atoms with Crippen LogP contribution in [-0.4, -0.2) is 88.4 Å². The van der Waals surface area contributed by atoms with Crippen molar-refractivity contribution in [2.75, 3.05) is 79.2 Å². The molecule has 1 aromatic heterocycles. The average molecular weight is 391 g/mol. The van der Waals surface area contributed by atoms with E-state index in [9.17, 15) is 0 Å². The number of anilines is 2. The molecule has 8 heteroatoms. The molecule has 1 heterocycles. The molecule has 0 radical (unpaired) electrons. The van der Waals surface area contributed by atoms with Crippen molar-refractivity contribution in [3.8, 4) is 11.5 Å². The van der Waals surface area contributed by atoms with E-state index in [1.807, 2.05) is 12.1 Å². The van der Waals surface area contributed by atoms with Crippen LogP contribution in [0.1, 0.15) is 12.8 Å². The number of aromatic nitrogens is 2. The molecule has 2 rings (SSSR count). The number of hydrogen-bond acceptors (Lipinski definition) is 8. The SMILES string of the molecule is COc1cc2nc(NCCCN(C)C)nc(NCCCN(C)C)c2cc1OC. The van der Waals surface area contributed by atoms with Gasteiger partial charge in [0.15, 0.2) is 11.5 Å². The lowest BCUT2D eigenvalue weighted by molar-refractivity contribution is 0.356. The zero-order valence-corrected chi connectivity index (χ0v) is 18.0. The zero-order chi connectivity index (χ0) is 20.5. The highest BCUT2D eigenvalue weighted by Gasteiger charge is 2.13. The molecule has 0 unspecified atom stereocenters. The first-order valence-electron chi connectivity index (χ1n) is 9.65. The molecule has 0 amide bonds. The maximum atomic E-state index is 5.45. The molecule has 0 atom stereocenters. The number of nitrogens with zero attached hydrogens (tertiary/aromatic N) is 4. The van der Waals surface area contributed by atoms with Crippen LogP contribution in [-0.2, 0) is 0 Å². The number of nitrogens with one attached hydrogen (secondary N) is 2. The Bertz CT molecular complexity index is 751. The molecule has 0 saturated heterocycles. The largest absolute Gasteiger partial charge is 0.493 e. The molecule has 0 bridgehead atoms. The summed E-state index contributed by atoms with van der Waals surface area (Å²) in [7, 11) is 11.6. The van der Waals surface area contributed by atoms with Crippen LogP contribution in [0.5, 0.6) is 11.5 Å². The number of fused-ring (bicyclic) bond motifs is 1. The molecular formula is C20H34N6O2. The van der Waals surface area contributed by atoms with Gasteiger partial charge in [0.1, 0.15) is 5.82 Å². The molecule has 0 saturated carbocycles. The van der Waals surface area contributed by atoms with Crippen molar-refractivity contribution in [3.05, 3.63) is 12.1 Å². The third kappa shape index (κ3) is 6.38. The van der Waals surface area contributed by atoms with Gasteiger partial charge < -0.3 is 29.9 Å². The first-order valence-corrected chi connectivity index (χ1v) is 9.65. The number of methoxy groups -OCH3 is 2. The second-order valence-corrected chi connectivity index (χ2v) is 7.29. The van der Waals surface area contributed by atoms with Crippen LogP contribution in [0.15, 0.2) is 12.1 Å². The Morgan fingerprint density at radius 3 is 1.96 bits per heavy atom. The van der Waals surface area contributed by atoms with Gasteiger partial charge in [0.2, 0.25) is 5.95 Å². The van der Waals surface area contributed by atoms with E-state index < -0.39 is 0 Å². The summed E-state index contributed by atoms with van der Waals surface area (Å²) >= 11 is 0. The number of rotatable bonds is 12. The van der Waals surface area contributed by atoms with Crippen LogP contribution in [0.4, 0.5) is 11.8 Å². The Kier molecular flexibility index (Phi) is 8.53. The van der Waals surface area contributed by atoms with Crippen LogP contribution in [0.25, 0.3) is 10.9 Å². The summed E-state index contributed by atoms with van der Waals surface area (Å²) in [6, 6.07) is 3.82. The fourth-order valence-corrected chi connectivity index (χ4v) is 2.87. The van der Waals surface area contributed by atoms with Crippen LogP contribution >= 0.6 is 0 Å². The molecule has 8 nitrogen and oxygen atoms in total. The third-order valence-electron chi connectivity index (χ3n) is 4.34. The van der Waals surface area contributed by atoms with Gasteiger partial charge in [-0.15, -0.1) is 0 Å². The van der Waals surface area contributed by atoms with Gasteiger partial charge in [-0.05, 0) is 60.2 Å². The van der Waals surface area contributed by atoms with Crippen molar-refractivity contribution >= 4 is 22.7 Å². The summed E-state index contributed by atoms with van der Waals surface area (Å²) in [6.45, 7) is 3.68. The number of ether oxygens (including phenoxy) is 2. The maximum absolute atomic E-state index is 5.45. The van der Waals surface area contributed by atoms with Gasteiger partial charge in [-0.1, -0.05) is 0 Å². The third-order valence-corrected chi connectivity index (χ3v) is 4.34. The summed E-state index contributed by atoms with van der Waals surface area (Å²) in [5, 5.41) is 7.71. The summed E-state index contributed by atoms with van der Waals surface area (Å²) in [4.78, 5) is 13.7. The minimum absolute atomic E-state index is 0.619. The first kappa shape index (κ1) is 22.0. The van der Waals surface area contributed by atoms with E-state index in [0.29, 0.717) is 17.4 Å². The monoisotopic (exact) mass is 390 g/mol. The van der Waals surface area contributed by atoms with Gasteiger partial charge in [-0.2, -0.15) is 4.98 Å². The Morgan fingerprint density at radius 1 is 0.821 bits per heavy atom. The summed E-state index contributed by atoms with van der Waals surface area (Å²) in [5.74, 6) is 2.75. The number of hydrogen-bond donors (Lipinski definition) is 2. The van der Waals surface area contributed by atoms with Gasteiger partial charge in [0.05, 0.1) is 19.7 Å². The van der Waals surface area contributed by atoms with Crippen LogP contribution < -0.4 is 20.1 Å². The quantitative estimate of drug-likeness (QED) is 0.535. The van der Waals surface area contributed by atoms with Gasteiger partial charge in [-0.25, -0.2) is 4.98 Å². The molecule has 0 fully saturated rings. The summed E-state index contributed by atoms with van der Waals surface area (Å²) in [6.07, 6.45) is 2.04. The second kappa shape index (κ2) is 10.9. The molecular weight excluding hydrogens is 356 g/mol. The minimum Gasteiger partial charge on any atom is -0.493 e. The van der Waals surface area contributed by atoms with E-state index in [2.05, 4.69) is 53.6 Å². The highest BCUT2D eigenvalue weighted by Crippen LogP contribution is 2.34. The molecule has 2 aromatic rings. The smallest absolute Gasteiger partial charge is 0.225 e. The Labute approximate surface area is 168 Å². The molecule has 0 aliphatic carbocycles. The molecule has 1 aromatic carbocycles. The Hall–Kier alpha value is -2.32. The number of benzene rings is 1. The molecule has 28 heavy (non-hydrogen) atoms. The van der Waals surface area contributed by atoms with Gasteiger partial charge in [-0.3, -0.25) is 0 Å². The highest BCUT2D eigenvalue weighted by atomic mass is 16.5. The van der Waals surface area contributed by atoms with Crippen molar-refractivity contribution < 1.29 is 9.47 Å². The molecule has 156 valence electrons. The lowest BCUT2D eigenvalue weighted by atomic mass is 10.2. The first-order chi connectivity index (χ1) is 13.4. The maximum Gasteiger partial charge on any atom is 0.225 e. The highest BCUT2D eigenvalue weighted by molar-refractivity contribution is 5.92. The summed E-state index contributed by atoms with van der Waals surface area (Å²) in [5.41, 5.74) is 0.817. The van der Waals surface area contributed by atoms with E-state index in [1.165, 1.54) is 0 Å². The fraction of sp³-hybridized carbons (Fsp3) is 0.600. The van der Waals surface area contributed by atoms with Gasteiger partial charge in [0, 0.05) is 24.5 Å². The fourth-order valence-electron chi connectivity index (χ4n) is 2.87. The van der Waals surface area contributed by atoms with Crippen molar-refractivity contribution in [3.63, 3.8) is 0 Å². The van der Waals surface area contributed by atoms with Crippen molar-refractivity contribution in [1.29, 1.82) is 0 Å². The summed E-state index contributed by atoms with van der Waals surface area (Å²) < 4.78 is 10.9. The average Bonchev–Trinajstić information content (AvgIpc) is 2.67. The topological polar surface area (TPSA) is 74.8 Å². The molecule has 0 aliphatic rings. The normalized spacial score (nSPS) is 11.3. The second-order valence-electron chi connectivity index (χ2n) is 7.29. The van der Waals surface area contributed by atoms with Crippen LogP contribution in [0, 0.1) is 0 Å². The van der Waals surface area contributed by atoms with E-state index in [1.54, 1.807) is 14.2 Å². The lowest BCUT2D eigenvalue weighted by Crippen LogP contribution is -2.18. The van der Waals surface area contributed by atoms with E-state index >= 15 is 0 Å². The van der Waals surface area contributed by atoms with E-state index in [4.69, 9.17) is 14.5 Å². The predicted octanol–water partition coefficient (Wildman–Crippen LogP) is 2.37. The van der Waals surface area contributed by atoms with Gasteiger partial charge >= 0.3 is 0 Å². The predicted molar refractivity (Wildman–Crippen MR) is 116 cm³/mol.